The summed E-state index contributed by atoms with van der Waals surface area (Å²) in [5.41, 5.74) is 0.866. The maximum atomic E-state index is 9.42. The molecule has 16 heavy (non-hydrogen) atoms. The van der Waals surface area contributed by atoms with Crippen LogP contribution in [0, 0.1) is 0 Å². The zero-order chi connectivity index (χ0) is 12.0. The number of aliphatic hydroxyl groups is 1. The lowest BCUT2D eigenvalue weighted by Crippen LogP contribution is -2.25. The summed E-state index contributed by atoms with van der Waals surface area (Å²) in [6.07, 6.45) is 1.69. The monoisotopic (exact) mass is 225 g/mol. The van der Waals surface area contributed by atoms with Gasteiger partial charge in [-0.3, -0.25) is 0 Å². The Morgan fingerprint density at radius 2 is 1.88 bits per heavy atom. The molecule has 4 heteroatoms. The molecular formula is C12H19NO3. The summed E-state index contributed by atoms with van der Waals surface area (Å²) in [6.45, 7) is 3.84. The molecule has 0 amide bonds. The first-order valence-electron chi connectivity index (χ1n) is 5.56. The van der Waals surface area contributed by atoms with Crippen LogP contribution in [-0.2, 0) is 0 Å². The number of hydrogen-bond acceptors (Lipinski definition) is 4. The molecule has 0 aliphatic rings. The van der Waals surface area contributed by atoms with Gasteiger partial charge in [-0.05, 0) is 25.0 Å². The Balaban J connectivity index is 2.78. The van der Waals surface area contributed by atoms with E-state index in [2.05, 4.69) is 11.8 Å². The van der Waals surface area contributed by atoms with Gasteiger partial charge in [0.25, 0.3) is 0 Å². The van der Waals surface area contributed by atoms with Crippen molar-refractivity contribution in [3.63, 3.8) is 0 Å². The molecule has 0 heterocycles. The van der Waals surface area contributed by atoms with Crippen molar-refractivity contribution in [3.05, 3.63) is 18.2 Å². The normalized spacial score (nSPS) is 10.4. The van der Waals surface area contributed by atoms with Gasteiger partial charge >= 0.3 is 0 Å². The minimum atomic E-state index is -0.109. The molecule has 1 aromatic rings. The van der Waals surface area contributed by atoms with Crippen LogP contribution in [0.5, 0.6) is 11.5 Å². The summed E-state index contributed by atoms with van der Waals surface area (Å²) in [5, 5.41) is 27.5. The zero-order valence-corrected chi connectivity index (χ0v) is 9.56. The van der Waals surface area contributed by atoms with Crippen LogP contribution in [0.4, 0.5) is 5.69 Å². The molecule has 0 aliphatic heterocycles. The van der Waals surface area contributed by atoms with Crippen molar-refractivity contribution in [2.24, 2.45) is 0 Å². The second-order valence-corrected chi connectivity index (χ2v) is 3.74. The van der Waals surface area contributed by atoms with E-state index < -0.39 is 0 Å². The Kier molecular flexibility index (Phi) is 4.92. The van der Waals surface area contributed by atoms with Crippen LogP contribution < -0.4 is 4.90 Å². The van der Waals surface area contributed by atoms with Gasteiger partial charge in [0.1, 0.15) is 0 Å². The van der Waals surface area contributed by atoms with Crippen LogP contribution in [0.2, 0.25) is 0 Å². The number of nitrogens with zero attached hydrogens (tertiary/aromatic N) is 1. The van der Waals surface area contributed by atoms with E-state index in [-0.39, 0.29) is 18.1 Å². The zero-order valence-electron chi connectivity index (χ0n) is 9.56. The molecule has 0 saturated carbocycles. The van der Waals surface area contributed by atoms with E-state index in [1.54, 1.807) is 12.1 Å². The lowest BCUT2D eigenvalue weighted by Gasteiger charge is -2.24. The third-order valence-corrected chi connectivity index (χ3v) is 2.40. The molecule has 0 fully saturated rings. The molecule has 4 nitrogen and oxygen atoms in total. The lowest BCUT2D eigenvalue weighted by atomic mass is 10.2. The van der Waals surface area contributed by atoms with E-state index in [0.29, 0.717) is 6.42 Å². The summed E-state index contributed by atoms with van der Waals surface area (Å²) in [5.74, 6) is -0.218. The summed E-state index contributed by atoms with van der Waals surface area (Å²) in [7, 11) is 0. The number of benzene rings is 1. The number of hydrogen-bond donors (Lipinski definition) is 3. The number of aromatic hydroxyl groups is 2. The first-order valence-corrected chi connectivity index (χ1v) is 5.56. The maximum absolute atomic E-state index is 9.42. The van der Waals surface area contributed by atoms with Crippen molar-refractivity contribution < 1.29 is 15.3 Å². The van der Waals surface area contributed by atoms with Crippen molar-refractivity contribution in [2.75, 3.05) is 24.6 Å². The molecule has 3 N–H and O–H groups in total. The third kappa shape index (κ3) is 3.31. The van der Waals surface area contributed by atoms with E-state index in [0.717, 1.165) is 25.2 Å². The van der Waals surface area contributed by atoms with E-state index >= 15 is 0 Å². The van der Waals surface area contributed by atoms with Gasteiger partial charge in [0.05, 0.1) is 0 Å². The standard InChI is InChI=1S/C12H19NO3/c1-2-6-13(7-3-8-14)10-4-5-11(15)12(16)9-10/h4-5,9,14-16H,2-3,6-8H2,1H3. The highest BCUT2D eigenvalue weighted by atomic mass is 16.3. The fourth-order valence-corrected chi connectivity index (χ4v) is 1.61. The fourth-order valence-electron chi connectivity index (χ4n) is 1.61. The summed E-state index contributed by atoms with van der Waals surface area (Å²) in [4.78, 5) is 2.08. The highest BCUT2D eigenvalue weighted by Gasteiger charge is 2.07. The SMILES string of the molecule is CCCN(CCCO)c1ccc(O)c(O)c1. The molecule has 0 saturated heterocycles. The van der Waals surface area contributed by atoms with Crippen molar-refractivity contribution in [3.8, 4) is 11.5 Å². The van der Waals surface area contributed by atoms with Gasteiger partial charge < -0.3 is 20.2 Å². The van der Waals surface area contributed by atoms with Gasteiger partial charge in [-0.2, -0.15) is 0 Å². The molecule has 0 aromatic heterocycles. The summed E-state index contributed by atoms with van der Waals surface area (Å²) >= 11 is 0. The Morgan fingerprint density at radius 3 is 2.44 bits per heavy atom. The highest BCUT2D eigenvalue weighted by Crippen LogP contribution is 2.29. The van der Waals surface area contributed by atoms with Crippen LogP contribution in [0.15, 0.2) is 18.2 Å². The molecular weight excluding hydrogens is 206 g/mol. The van der Waals surface area contributed by atoms with Crippen LogP contribution in [-0.4, -0.2) is 35.0 Å². The van der Waals surface area contributed by atoms with Gasteiger partial charge in [0.2, 0.25) is 0 Å². The topological polar surface area (TPSA) is 63.9 Å². The minimum absolute atomic E-state index is 0.109. The van der Waals surface area contributed by atoms with Crippen LogP contribution >= 0.6 is 0 Å². The quantitative estimate of drug-likeness (QED) is 0.645. The summed E-state index contributed by atoms with van der Waals surface area (Å²) < 4.78 is 0. The molecule has 0 unspecified atom stereocenters. The van der Waals surface area contributed by atoms with Gasteiger partial charge in [-0.15, -0.1) is 0 Å². The average Bonchev–Trinajstić information content (AvgIpc) is 2.28. The largest absolute Gasteiger partial charge is 0.504 e. The number of phenolic OH excluding ortho intramolecular Hbond substituents is 2. The lowest BCUT2D eigenvalue weighted by molar-refractivity contribution is 0.289. The smallest absolute Gasteiger partial charge is 0.159 e. The molecule has 0 bridgehead atoms. The molecule has 0 radical (unpaired) electrons. The number of anilines is 1. The second-order valence-electron chi connectivity index (χ2n) is 3.74. The Labute approximate surface area is 95.8 Å². The number of phenols is 2. The summed E-state index contributed by atoms with van der Waals surface area (Å²) in [6, 6.07) is 4.79. The number of aliphatic hydroxyl groups excluding tert-OH is 1. The van der Waals surface area contributed by atoms with E-state index in [4.69, 9.17) is 5.11 Å². The molecule has 90 valence electrons. The van der Waals surface area contributed by atoms with Crippen molar-refractivity contribution >= 4 is 5.69 Å². The Hall–Kier alpha value is -1.42. The van der Waals surface area contributed by atoms with Crippen molar-refractivity contribution in [1.82, 2.24) is 0 Å². The van der Waals surface area contributed by atoms with E-state index in [1.165, 1.54) is 6.07 Å². The highest BCUT2D eigenvalue weighted by molar-refractivity contribution is 5.55. The predicted octanol–water partition coefficient (Wildman–Crippen LogP) is 1.70. The minimum Gasteiger partial charge on any atom is -0.504 e. The molecule has 0 atom stereocenters. The van der Waals surface area contributed by atoms with Gasteiger partial charge in [0, 0.05) is 31.5 Å². The van der Waals surface area contributed by atoms with Crippen LogP contribution in [0.3, 0.4) is 0 Å². The third-order valence-electron chi connectivity index (χ3n) is 2.40. The average molecular weight is 225 g/mol. The predicted molar refractivity (Wildman–Crippen MR) is 64.0 cm³/mol. The van der Waals surface area contributed by atoms with Gasteiger partial charge in [-0.25, -0.2) is 0 Å². The molecule has 0 aliphatic carbocycles. The molecule has 0 spiro atoms. The second kappa shape index (κ2) is 6.23. The fraction of sp³-hybridized carbons (Fsp3) is 0.500. The Bertz CT molecular complexity index is 328. The first-order chi connectivity index (χ1) is 7.69. The first kappa shape index (κ1) is 12.6. The van der Waals surface area contributed by atoms with E-state index in [9.17, 15) is 10.2 Å². The number of rotatable bonds is 6. The van der Waals surface area contributed by atoms with Crippen molar-refractivity contribution in [2.45, 2.75) is 19.8 Å². The van der Waals surface area contributed by atoms with Gasteiger partial charge in [0.15, 0.2) is 11.5 Å². The van der Waals surface area contributed by atoms with Gasteiger partial charge in [-0.1, -0.05) is 6.92 Å². The van der Waals surface area contributed by atoms with Crippen LogP contribution in [0.25, 0.3) is 0 Å². The Morgan fingerprint density at radius 1 is 1.12 bits per heavy atom. The maximum Gasteiger partial charge on any atom is 0.159 e. The molecule has 1 aromatic carbocycles. The van der Waals surface area contributed by atoms with Crippen LogP contribution in [0.1, 0.15) is 19.8 Å². The molecule has 1 rings (SSSR count). The van der Waals surface area contributed by atoms with Crippen molar-refractivity contribution in [1.29, 1.82) is 0 Å². The van der Waals surface area contributed by atoms with E-state index in [1.807, 2.05) is 0 Å².